The number of rotatable bonds is 5. The number of hydrogen-bond acceptors (Lipinski definition) is 2. The van der Waals surface area contributed by atoms with E-state index in [9.17, 15) is 13.6 Å². The number of ether oxygens (including phenoxy) is 1. The molecule has 0 saturated carbocycles. The molecule has 128 valence electrons. The predicted molar refractivity (Wildman–Crippen MR) is 90.3 cm³/mol. The first-order chi connectivity index (χ1) is 11.3. The van der Waals surface area contributed by atoms with Gasteiger partial charge in [-0.05, 0) is 49.1 Å². The highest BCUT2D eigenvalue weighted by molar-refractivity contribution is 5.94. The van der Waals surface area contributed by atoms with Gasteiger partial charge in [0.1, 0.15) is 5.75 Å². The first kappa shape index (κ1) is 17.9. The summed E-state index contributed by atoms with van der Waals surface area (Å²) in [7, 11) is 0. The second kappa shape index (κ2) is 7.43. The van der Waals surface area contributed by atoms with Gasteiger partial charge in [0.15, 0.2) is 17.7 Å². The maximum absolute atomic E-state index is 13.2. The summed E-state index contributed by atoms with van der Waals surface area (Å²) in [6.45, 7) is 7.65. The maximum Gasteiger partial charge on any atom is 0.265 e. The van der Waals surface area contributed by atoms with Crippen molar-refractivity contribution in [3.63, 3.8) is 0 Å². The summed E-state index contributed by atoms with van der Waals surface area (Å²) in [5.74, 6) is -1.50. The normalized spacial score (nSPS) is 12.1. The van der Waals surface area contributed by atoms with E-state index >= 15 is 0 Å². The van der Waals surface area contributed by atoms with Crippen LogP contribution in [0.1, 0.15) is 37.8 Å². The molecule has 0 radical (unpaired) electrons. The quantitative estimate of drug-likeness (QED) is 0.853. The average Bonchev–Trinajstić information content (AvgIpc) is 2.50. The van der Waals surface area contributed by atoms with Crippen molar-refractivity contribution in [2.75, 3.05) is 5.32 Å². The number of nitrogens with one attached hydrogen (secondary N) is 1. The second-order valence-corrected chi connectivity index (χ2v) is 6.07. The van der Waals surface area contributed by atoms with E-state index in [1.807, 2.05) is 39.0 Å². The van der Waals surface area contributed by atoms with Gasteiger partial charge in [0.2, 0.25) is 0 Å². The lowest BCUT2D eigenvalue weighted by molar-refractivity contribution is -0.122. The Morgan fingerprint density at radius 3 is 2.38 bits per heavy atom. The Kier molecular flexibility index (Phi) is 5.54. The Morgan fingerprint density at radius 2 is 1.75 bits per heavy atom. The summed E-state index contributed by atoms with van der Waals surface area (Å²) in [5, 5.41) is 2.52. The molecule has 2 aromatic carbocycles. The fraction of sp³-hybridized carbons (Fsp3) is 0.316. The lowest BCUT2D eigenvalue weighted by Crippen LogP contribution is -2.30. The lowest BCUT2D eigenvalue weighted by Gasteiger charge is -2.19. The number of halogens is 2. The van der Waals surface area contributed by atoms with E-state index in [1.54, 1.807) is 6.92 Å². The van der Waals surface area contributed by atoms with Crippen molar-refractivity contribution >= 4 is 11.6 Å². The Hall–Kier alpha value is -2.43. The van der Waals surface area contributed by atoms with Gasteiger partial charge >= 0.3 is 0 Å². The molecule has 1 N–H and O–H groups in total. The summed E-state index contributed by atoms with van der Waals surface area (Å²) in [5.41, 5.74) is 2.22. The summed E-state index contributed by atoms with van der Waals surface area (Å²) >= 11 is 0. The minimum Gasteiger partial charge on any atom is -0.481 e. The molecule has 0 aliphatic heterocycles. The molecule has 0 fully saturated rings. The first-order valence-electron chi connectivity index (χ1n) is 7.81. The van der Waals surface area contributed by atoms with Crippen LogP contribution >= 0.6 is 0 Å². The third kappa shape index (κ3) is 4.31. The van der Waals surface area contributed by atoms with E-state index in [2.05, 4.69) is 5.32 Å². The van der Waals surface area contributed by atoms with Crippen LogP contribution in [0.2, 0.25) is 0 Å². The molecule has 5 heteroatoms. The van der Waals surface area contributed by atoms with Gasteiger partial charge in [-0.25, -0.2) is 8.78 Å². The van der Waals surface area contributed by atoms with Crippen LogP contribution in [0, 0.1) is 18.6 Å². The van der Waals surface area contributed by atoms with E-state index in [0.29, 0.717) is 5.75 Å². The van der Waals surface area contributed by atoms with E-state index < -0.39 is 23.6 Å². The Bertz CT molecular complexity index is 744. The summed E-state index contributed by atoms with van der Waals surface area (Å²) < 4.78 is 31.9. The Morgan fingerprint density at radius 1 is 1.04 bits per heavy atom. The summed E-state index contributed by atoms with van der Waals surface area (Å²) in [6.07, 6.45) is -0.780. The van der Waals surface area contributed by atoms with Crippen LogP contribution in [0.4, 0.5) is 14.5 Å². The predicted octanol–water partition coefficient (Wildman–Crippen LogP) is 4.80. The van der Waals surface area contributed by atoms with Crippen LogP contribution in [0.5, 0.6) is 5.75 Å². The Labute approximate surface area is 140 Å². The zero-order chi connectivity index (χ0) is 17.9. The number of amides is 1. The molecule has 2 rings (SSSR count). The third-order valence-corrected chi connectivity index (χ3v) is 3.65. The second-order valence-electron chi connectivity index (χ2n) is 6.07. The van der Waals surface area contributed by atoms with Crippen LogP contribution in [0.25, 0.3) is 0 Å². The molecule has 0 aliphatic rings. The molecule has 3 nitrogen and oxygen atoms in total. The smallest absolute Gasteiger partial charge is 0.265 e. The van der Waals surface area contributed by atoms with Crippen LogP contribution in [0.15, 0.2) is 36.4 Å². The van der Waals surface area contributed by atoms with Gasteiger partial charge in [-0.15, -0.1) is 0 Å². The van der Waals surface area contributed by atoms with Crippen LogP contribution in [0.3, 0.4) is 0 Å². The molecule has 1 atom stereocenters. The monoisotopic (exact) mass is 333 g/mol. The zero-order valence-corrected chi connectivity index (χ0v) is 14.2. The van der Waals surface area contributed by atoms with Crippen LogP contribution in [-0.2, 0) is 4.79 Å². The van der Waals surface area contributed by atoms with Gasteiger partial charge < -0.3 is 10.1 Å². The molecule has 0 spiro atoms. The molecule has 0 aromatic heterocycles. The van der Waals surface area contributed by atoms with E-state index in [0.717, 1.165) is 23.3 Å². The highest BCUT2D eigenvalue weighted by Crippen LogP contribution is 2.28. The molecule has 2 aromatic rings. The standard InChI is InChI=1S/C19H21F2NO2/c1-11(2)15-7-5-12(3)9-18(15)24-13(4)19(23)22-14-6-8-16(20)17(21)10-14/h5-11,13H,1-4H3,(H,22,23)/t13-/m0/s1. The SMILES string of the molecule is Cc1ccc(C(C)C)c(O[C@@H](C)C(=O)Nc2ccc(F)c(F)c2)c1. The number of benzene rings is 2. The van der Waals surface area contributed by atoms with Crippen molar-refractivity contribution in [3.05, 3.63) is 59.2 Å². The van der Waals surface area contributed by atoms with E-state index in [1.165, 1.54) is 6.07 Å². The fourth-order valence-corrected chi connectivity index (χ4v) is 2.28. The van der Waals surface area contributed by atoms with Gasteiger partial charge in [-0.3, -0.25) is 4.79 Å². The highest BCUT2D eigenvalue weighted by atomic mass is 19.2. The van der Waals surface area contributed by atoms with Crippen molar-refractivity contribution in [1.29, 1.82) is 0 Å². The third-order valence-electron chi connectivity index (χ3n) is 3.65. The molecule has 24 heavy (non-hydrogen) atoms. The van der Waals surface area contributed by atoms with Gasteiger partial charge in [0.05, 0.1) is 0 Å². The van der Waals surface area contributed by atoms with Gasteiger partial charge in [0.25, 0.3) is 5.91 Å². The van der Waals surface area contributed by atoms with E-state index in [-0.39, 0.29) is 11.6 Å². The number of anilines is 1. The molecule has 0 unspecified atom stereocenters. The fourth-order valence-electron chi connectivity index (χ4n) is 2.28. The summed E-state index contributed by atoms with van der Waals surface area (Å²) in [6, 6.07) is 9.06. The topological polar surface area (TPSA) is 38.3 Å². The molecule has 0 saturated heterocycles. The molecule has 1 amide bonds. The lowest BCUT2D eigenvalue weighted by atomic mass is 10.0. The van der Waals surface area contributed by atoms with Crippen molar-refractivity contribution in [2.45, 2.75) is 39.7 Å². The molecule has 0 heterocycles. The largest absolute Gasteiger partial charge is 0.481 e. The van der Waals surface area contributed by atoms with Gasteiger partial charge in [0, 0.05) is 11.8 Å². The maximum atomic E-state index is 13.2. The van der Waals surface area contributed by atoms with Gasteiger partial charge in [-0.1, -0.05) is 26.0 Å². The number of aryl methyl sites for hydroxylation is 1. The molecule has 0 bridgehead atoms. The molecule has 0 aliphatic carbocycles. The van der Waals surface area contributed by atoms with Crippen LogP contribution < -0.4 is 10.1 Å². The number of carbonyl (C=O) groups is 1. The van der Waals surface area contributed by atoms with Crippen LogP contribution in [-0.4, -0.2) is 12.0 Å². The molecular formula is C19H21F2NO2. The zero-order valence-electron chi connectivity index (χ0n) is 14.2. The van der Waals surface area contributed by atoms with Crippen molar-refractivity contribution in [1.82, 2.24) is 0 Å². The first-order valence-corrected chi connectivity index (χ1v) is 7.81. The van der Waals surface area contributed by atoms with Crippen molar-refractivity contribution < 1.29 is 18.3 Å². The van der Waals surface area contributed by atoms with Crippen molar-refractivity contribution in [3.8, 4) is 5.75 Å². The molecular weight excluding hydrogens is 312 g/mol. The number of hydrogen-bond donors (Lipinski definition) is 1. The summed E-state index contributed by atoms with van der Waals surface area (Å²) in [4.78, 5) is 12.2. The number of carbonyl (C=O) groups excluding carboxylic acids is 1. The Balaban J connectivity index is 2.11. The average molecular weight is 333 g/mol. The van der Waals surface area contributed by atoms with Gasteiger partial charge in [-0.2, -0.15) is 0 Å². The van der Waals surface area contributed by atoms with E-state index in [4.69, 9.17) is 4.74 Å². The van der Waals surface area contributed by atoms with Crippen molar-refractivity contribution in [2.24, 2.45) is 0 Å². The highest BCUT2D eigenvalue weighted by Gasteiger charge is 2.18. The minimum atomic E-state index is -1.01. The minimum absolute atomic E-state index is 0.183.